The molecule has 68 valence electrons. The molecule has 1 fully saturated rings. The van der Waals surface area contributed by atoms with Crippen LogP contribution in [0.5, 0.6) is 0 Å². The number of nitrogens with one attached hydrogen (secondary N) is 3. The Kier molecular flexibility index (Phi) is 3.28. The number of thiocarbonyl (C=S) groups is 1. The highest BCUT2D eigenvalue weighted by atomic mass is 32.1. The number of rotatable bonds is 3. The van der Waals surface area contributed by atoms with Crippen molar-refractivity contribution in [1.82, 2.24) is 16.0 Å². The minimum atomic E-state index is 0.00935. The Morgan fingerprint density at radius 1 is 1.58 bits per heavy atom. The SMILES string of the molecule is CNC(=S)NCC(=O)NC1CC1. The second kappa shape index (κ2) is 4.25. The summed E-state index contributed by atoms with van der Waals surface area (Å²) in [4.78, 5) is 11.1. The van der Waals surface area contributed by atoms with Gasteiger partial charge in [-0.15, -0.1) is 0 Å². The van der Waals surface area contributed by atoms with Crippen molar-refractivity contribution in [3.63, 3.8) is 0 Å². The largest absolute Gasteiger partial charge is 0.366 e. The van der Waals surface area contributed by atoms with Crippen molar-refractivity contribution in [2.24, 2.45) is 0 Å². The number of amides is 1. The lowest BCUT2D eigenvalue weighted by atomic mass is 10.5. The molecule has 0 bridgehead atoms. The summed E-state index contributed by atoms with van der Waals surface area (Å²) in [5.74, 6) is 0.00935. The van der Waals surface area contributed by atoms with Crippen molar-refractivity contribution < 1.29 is 4.79 Å². The lowest BCUT2D eigenvalue weighted by Gasteiger charge is -2.06. The van der Waals surface area contributed by atoms with Gasteiger partial charge in [-0.05, 0) is 25.1 Å². The predicted molar refractivity (Wildman–Crippen MR) is 50.8 cm³/mol. The number of carbonyl (C=O) groups is 1. The topological polar surface area (TPSA) is 53.2 Å². The zero-order chi connectivity index (χ0) is 8.97. The van der Waals surface area contributed by atoms with Crippen LogP contribution in [0.15, 0.2) is 0 Å². The summed E-state index contributed by atoms with van der Waals surface area (Å²) < 4.78 is 0. The van der Waals surface area contributed by atoms with E-state index in [0.717, 1.165) is 12.8 Å². The Balaban J connectivity index is 2.04. The summed E-state index contributed by atoms with van der Waals surface area (Å²) in [6.07, 6.45) is 2.23. The predicted octanol–water partition coefficient (Wildman–Crippen LogP) is -0.641. The lowest BCUT2D eigenvalue weighted by Crippen LogP contribution is -2.41. The standard InChI is InChI=1S/C7H13N3OS/c1-8-7(12)9-4-6(11)10-5-2-3-5/h5H,2-4H2,1H3,(H,10,11)(H2,8,9,12). The van der Waals surface area contributed by atoms with Crippen LogP contribution in [0.25, 0.3) is 0 Å². The molecular weight excluding hydrogens is 174 g/mol. The van der Waals surface area contributed by atoms with Gasteiger partial charge in [0, 0.05) is 13.1 Å². The van der Waals surface area contributed by atoms with Crippen molar-refractivity contribution in [3.8, 4) is 0 Å². The van der Waals surface area contributed by atoms with Crippen LogP contribution in [-0.2, 0) is 4.79 Å². The van der Waals surface area contributed by atoms with E-state index in [9.17, 15) is 4.79 Å². The zero-order valence-electron chi connectivity index (χ0n) is 7.02. The fourth-order valence-corrected chi connectivity index (χ4v) is 0.827. The molecule has 0 aromatic carbocycles. The van der Waals surface area contributed by atoms with E-state index >= 15 is 0 Å². The van der Waals surface area contributed by atoms with E-state index < -0.39 is 0 Å². The van der Waals surface area contributed by atoms with Crippen molar-refractivity contribution >= 4 is 23.2 Å². The smallest absolute Gasteiger partial charge is 0.239 e. The van der Waals surface area contributed by atoms with Crippen molar-refractivity contribution in [3.05, 3.63) is 0 Å². The Morgan fingerprint density at radius 3 is 2.75 bits per heavy atom. The van der Waals surface area contributed by atoms with Crippen LogP contribution in [0.2, 0.25) is 0 Å². The molecule has 1 rings (SSSR count). The monoisotopic (exact) mass is 187 g/mol. The summed E-state index contributed by atoms with van der Waals surface area (Å²) in [6, 6.07) is 0.419. The maximum absolute atomic E-state index is 11.1. The van der Waals surface area contributed by atoms with Crippen LogP contribution in [0.3, 0.4) is 0 Å². The normalized spacial score (nSPS) is 15.1. The fraction of sp³-hybridized carbons (Fsp3) is 0.714. The molecule has 1 aliphatic rings. The maximum atomic E-state index is 11.1. The minimum absolute atomic E-state index is 0.00935. The van der Waals surface area contributed by atoms with Gasteiger partial charge in [-0.25, -0.2) is 0 Å². The molecule has 0 saturated heterocycles. The van der Waals surface area contributed by atoms with Crippen molar-refractivity contribution in [1.29, 1.82) is 0 Å². The molecule has 0 heterocycles. The first-order valence-electron chi connectivity index (χ1n) is 3.97. The van der Waals surface area contributed by atoms with Crippen LogP contribution in [0.4, 0.5) is 0 Å². The quantitative estimate of drug-likeness (QED) is 0.514. The van der Waals surface area contributed by atoms with Gasteiger partial charge < -0.3 is 16.0 Å². The summed E-state index contributed by atoms with van der Waals surface area (Å²) in [6.45, 7) is 0.260. The summed E-state index contributed by atoms with van der Waals surface area (Å²) >= 11 is 4.80. The molecule has 0 atom stereocenters. The summed E-state index contributed by atoms with van der Waals surface area (Å²) in [7, 11) is 1.72. The molecule has 0 aromatic rings. The Morgan fingerprint density at radius 2 is 2.25 bits per heavy atom. The van der Waals surface area contributed by atoms with Gasteiger partial charge in [0.1, 0.15) is 0 Å². The third-order valence-electron chi connectivity index (χ3n) is 1.58. The van der Waals surface area contributed by atoms with E-state index in [2.05, 4.69) is 16.0 Å². The van der Waals surface area contributed by atoms with Gasteiger partial charge >= 0.3 is 0 Å². The van der Waals surface area contributed by atoms with Gasteiger partial charge in [-0.1, -0.05) is 0 Å². The second-order valence-electron chi connectivity index (χ2n) is 2.77. The van der Waals surface area contributed by atoms with Gasteiger partial charge in [0.25, 0.3) is 0 Å². The van der Waals surface area contributed by atoms with Crippen molar-refractivity contribution in [2.75, 3.05) is 13.6 Å². The molecule has 4 nitrogen and oxygen atoms in total. The number of hydrogen-bond acceptors (Lipinski definition) is 2. The van der Waals surface area contributed by atoms with Gasteiger partial charge in [-0.3, -0.25) is 4.79 Å². The van der Waals surface area contributed by atoms with E-state index in [4.69, 9.17) is 12.2 Å². The molecule has 12 heavy (non-hydrogen) atoms. The molecule has 3 N–H and O–H groups in total. The van der Waals surface area contributed by atoms with Gasteiger partial charge in [-0.2, -0.15) is 0 Å². The molecule has 1 aliphatic carbocycles. The average molecular weight is 187 g/mol. The van der Waals surface area contributed by atoms with Gasteiger partial charge in [0.05, 0.1) is 6.54 Å². The average Bonchev–Trinajstić information content (AvgIpc) is 2.84. The molecule has 0 aromatic heterocycles. The molecule has 0 unspecified atom stereocenters. The third kappa shape index (κ3) is 3.52. The number of hydrogen-bond donors (Lipinski definition) is 3. The molecule has 0 radical (unpaired) electrons. The highest BCUT2D eigenvalue weighted by molar-refractivity contribution is 7.80. The molecule has 0 spiro atoms. The Bertz CT molecular complexity index is 191. The summed E-state index contributed by atoms with van der Waals surface area (Å²) in [5.41, 5.74) is 0. The van der Waals surface area contributed by atoms with Gasteiger partial charge in [0.15, 0.2) is 5.11 Å². The first-order chi connectivity index (χ1) is 5.72. The van der Waals surface area contributed by atoms with E-state index in [1.807, 2.05) is 0 Å². The highest BCUT2D eigenvalue weighted by Crippen LogP contribution is 2.17. The van der Waals surface area contributed by atoms with E-state index in [0.29, 0.717) is 11.2 Å². The molecule has 1 saturated carbocycles. The second-order valence-corrected chi connectivity index (χ2v) is 3.18. The first kappa shape index (κ1) is 9.25. The zero-order valence-corrected chi connectivity index (χ0v) is 7.83. The van der Waals surface area contributed by atoms with Crippen molar-refractivity contribution in [2.45, 2.75) is 18.9 Å². The maximum Gasteiger partial charge on any atom is 0.239 e. The van der Waals surface area contributed by atoms with E-state index in [1.165, 1.54) is 0 Å². The Labute approximate surface area is 77.1 Å². The number of carbonyl (C=O) groups excluding carboxylic acids is 1. The Hall–Kier alpha value is -0.840. The van der Waals surface area contributed by atoms with Crippen LogP contribution >= 0.6 is 12.2 Å². The van der Waals surface area contributed by atoms with Crippen LogP contribution in [0, 0.1) is 0 Å². The van der Waals surface area contributed by atoms with Gasteiger partial charge in [0.2, 0.25) is 5.91 Å². The highest BCUT2D eigenvalue weighted by Gasteiger charge is 2.22. The minimum Gasteiger partial charge on any atom is -0.366 e. The first-order valence-corrected chi connectivity index (χ1v) is 4.38. The van der Waals surface area contributed by atoms with E-state index in [1.54, 1.807) is 7.05 Å². The van der Waals surface area contributed by atoms with E-state index in [-0.39, 0.29) is 12.5 Å². The fourth-order valence-electron chi connectivity index (χ4n) is 0.755. The molecule has 1 amide bonds. The third-order valence-corrected chi connectivity index (χ3v) is 1.93. The van der Waals surface area contributed by atoms with Crippen LogP contribution in [-0.4, -0.2) is 30.7 Å². The molecular formula is C7H13N3OS. The van der Waals surface area contributed by atoms with Crippen LogP contribution < -0.4 is 16.0 Å². The molecule has 5 heteroatoms. The van der Waals surface area contributed by atoms with Crippen LogP contribution in [0.1, 0.15) is 12.8 Å². The summed E-state index contributed by atoms with van der Waals surface area (Å²) in [5, 5.41) is 8.85. The lowest BCUT2D eigenvalue weighted by molar-refractivity contribution is -0.120. The molecule has 0 aliphatic heterocycles.